The van der Waals surface area contributed by atoms with Gasteiger partial charge >= 0.3 is 0 Å². The van der Waals surface area contributed by atoms with Gasteiger partial charge in [0.1, 0.15) is 18.1 Å². The van der Waals surface area contributed by atoms with Crippen LogP contribution in [-0.2, 0) is 30.4 Å². The standard InChI is InChI=1S/C40H62N4O7/c1-28(2)22-34(41)38(45)44-26-37(51-27-29-10-15-36-35(23-29)43(17-21-50-36)16-8-18-47-6)33(24-31(44)25-40(3,4)39(46)42-5)30-11-13-32(14-12-30)49-20-9-19-48-7/h10-15,23,28,31,33-34,37H,8-9,16-22,24-27,41H2,1-7H3,(H,42,46)/t31-,33+,34-,37-/m0/s1. The molecule has 0 aromatic heterocycles. The van der Waals surface area contributed by atoms with Gasteiger partial charge in [0.25, 0.3) is 0 Å². The number of nitrogens with zero attached hydrogens (tertiary/aromatic N) is 2. The third kappa shape index (κ3) is 11.3. The Hall–Kier alpha value is -3.38. The average Bonchev–Trinajstić information content (AvgIpc) is 3.12. The van der Waals surface area contributed by atoms with Gasteiger partial charge in [-0.1, -0.05) is 45.9 Å². The Morgan fingerprint density at radius 1 is 1.04 bits per heavy atom. The molecule has 0 saturated carbocycles. The van der Waals surface area contributed by atoms with Crippen molar-refractivity contribution in [1.82, 2.24) is 10.2 Å². The number of carbonyl (C=O) groups is 2. The molecule has 11 heteroatoms. The van der Waals surface area contributed by atoms with Crippen molar-refractivity contribution < 1.29 is 33.3 Å². The fourth-order valence-electron chi connectivity index (χ4n) is 7.32. The summed E-state index contributed by atoms with van der Waals surface area (Å²) in [6, 6.07) is 13.6. The summed E-state index contributed by atoms with van der Waals surface area (Å²) in [6.07, 6.45) is 3.14. The maximum atomic E-state index is 14.1. The third-order valence-electron chi connectivity index (χ3n) is 10.00. The van der Waals surface area contributed by atoms with Gasteiger partial charge in [0, 0.05) is 71.4 Å². The Balaban J connectivity index is 1.63. The summed E-state index contributed by atoms with van der Waals surface area (Å²) in [5.74, 6) is 1.76. The topological polar surface area (TPSA) is 125 Å². The predicted molar refractivity (Wildman–Crippen MR) is 200 cm³/mol. The van der Waals surface area contributed by atoms with Gasteiger partial charge in [-0.3, -0.25) is 9.59 Å². The first-order chi connectivity index (χ1) is 24.5. The van der Waals surface area contributed by atoms with Crippen LogP contribution in [0.2, 0.25) is 0 Å². The van der Waals surface area contributed by atoms with E-state index >= 15 is 0 Å². The number of hydrogen-bond donors (Lipinski definition) is 2. The van der Waals surface area contributed by atoms with Crippen molar-refractivity contribution in [1.29, 1.82) is 0 Å². The van der Waals surface area contributed by atoms with Crippen LogP contribution in [0.3, 0.4) is 0 Å². The number of methoxy groups -OCH3 is 2. The highest BCUT2D eigenvalue weighted by Crippen LogP contribution is 2.40. The molecule has 2 aliphatic rings. The first-order valence-corrected chi connectivity index (χ1v) is 18.6. The molecule has 1 saturated heterocycles. The van der Waals surface area contributed by atoms with Gasteiger partial charge in [-0.25, -0.2) is 0 Å². The maximum absolute atomic E-state index is 14.1. The lowest BCUT2D eigenvalue weighted by molar-refractivity contribution is -0.145. The number of piperidine rings is 1. The molecule has 4 atom stereocenters. The number of likely N-dealkylation sites (tertiary alicyclic amines) is 1. The maximum Gasteiger partial charge on any atom is 0.239 e. The van der Waals surface area contributed by atoms with Crippen LogP contribution in [0.15, 0.2) is 42.5 Å². The highest BCUT2D eigenvalue weighted by molar-refractivity contribution is 5.83. The molecule has 1 fully saturated rings. The molecule has 0 radical (unpaired) electrons. The molecule has 2 aromatic rings. The second-order valence-electron chi connectivity index (χ2n) is 15.0. The lowest BCUT2D eigenvalue weighted by Crippen LogP contribution is -2.58. The van der Waals surface area contributed by atoms with Crippen molar-refractivity contribution in [2.75, 3.05) is 72.2 Å². The first-order valence-electron chi connectivity index (χ1n) is 18.6. The van der Waals surface area contributed by atoms with Crippen molar-refractivity contribution in [3.63, 3.8) is 0 Å². The van der Waals surface area contributed by atoms with Gasteiger partial charge in [-0.15, -0.1) is 0 Å². The molecule has 2 aromatic carbocycles. The summed E-state index contributed by atoms with van der Waals surface area (Å²) in [5, 5.41) is 2.82. The molecule has 51 heavy (non-hydrogen) atoms. The lowest BCUT2D eigenvalue weighted by atomic mass is 9.76. The van der Waals surface area contributed by atoms with E-state index in [2.05, 4.69) is 48.3 Å². The van der Waals surface area contributed by atoms with Crippen LogP contribution in [-0.4, -0.2) is 102 Å². The summed E-state index contributed by atoms with van der Waals surface area (Å²) in [6.45, 7) is 13.0. The second-order valence-corrected chi connectivity index (χ2v) is 15.0. The normalized spacial score (nSPS) is 19.7. The van der Waals surface area contributed by atoms with Crippen molar-refractivity contribution in [3.8, 4) is 11.5 Å². The number of ether oxygens (including phenoxy) is 5. The van der Waals surface area contributed by atoms with E-state index in [-0.39, 0.29) is 35.8 Å². The zero-order chi connectivity index (χ0) is 37.0. The van der Waals surface area contributed by atoms with E-state index < -0.39 is 11.5 Å². The second kappa shape index (κ2) is 19.5. The third-order valence-corrected chi connectivity index (χ3v) is 10.00. The largest absolute Gasteiger partial charge is 0.494 e. The van der Waals surface area contributed by atoms with E-state index in [9.17, 15) is 9.59 Å². The van der Waals surface area contributed by atoms with E-state index in [0.717, 1.165) is 54.2 Å². The molecule has 2 aliphatic heterocycles. The molecule has 0 aliphatic carbocycles. The summed E-state index contributed by atoms with van der Waals surface area (Å²) in [5.41, 5.74) is 9.06. The molecule has 11 nitrogen and oxygen atoms in total. The molecule has 2 amide bonds. The van der Waals surface area contributed by atoms with Crippen LogP contribution >= 0.6 is 0 Å². The van der Waals surface area contributed by atoms with Gasteiger partial charge in [0.15, 0.2) is 0 Å². The number of amides is 2. The van der Waals surface area contributed by atoms with Crippen molar-refractivity contribution in [3.05, 3.63) is 53.6 Å². The van der Waals surface area contributed by atoms with E-state index in [0.29, 0.717) is 58.8 Å². The minimum absolute atomic E-state index is 0.0325. The summed E-state index contributed by atoms with van der Waals surface area (Å²) < 4.78 is 29.2. The predicted octanol–water partition coefficient (Wildman–Crippen LogP) is 5.14. The minimum Gasteiger partial charge on any atom is -0.494 e. The Labute approximate surface area is 305 Å². The molecule has 284 valence electrons. The van der Waals surface area contributed by atoms with Crippen LogP contribution in [0.4, 0.5) is 5.69 Å². The first kappa shape index (κ1) is 40.4. The van der Waals surface area contributed by atoms with Gasteiger partial charge in [-0.05, 0) is 67.0 Å². The van der Waals surface area contributed by atoms with Crippen molar-refractivity contribution in [2.24, 2.45) is 17.1 Å². The highest BCUT2D eigenvalue weighted by Gasteiger charge is 2.43. The SMILES string of the molecule is CNC(=O)C(C)(C)C[C@@H]1C[C@H](c2ccc(OCCCOC)cc2)[C@@H](OCc2ccc3c(c2)N(CCCOC)CCO3)CN1C(=O)[C@@H](N)CC(C)C. The lowest BCUT2D eigenvalue weighted by Gasteiger charge is -2.47. The van der Waals surface area contributed by atoms with E-state index in [4.69, 9.17) is 29.4 Å². The van der Waals surface area contributed by atoms with Gasteiger partial charge in [0.2, 0.25) is 11.8 Å². The van der Waals surface area contributed by atoms with Crippen LogP contribution in [0.5, 0.6) is 11.5 Å². The molecule has 3 N–H and O–H groups in total. The number of nitrogens with two attached hydrogens (primary N) is 1. The molecule has 4 rings (SSSR count). The Morgan fingerprint density at radius 3 is 2.45 bits per heavy atom. The average molecular weight is 711 g/mol. The summed E-state index contributed by atoms with van der Waals surface area (Å²) in [7, 11) is 5.07. The number of carbonyl (C=O) groups excluding carboxylic acids is 2. The molecule has 0 unspecified atom stereocenters. The zero-order valence-electron chi connectivity index (χ0n) is 32.0. The Bertz CT molecular complexity index is 1390. The summed E-state index contributed by atoms with van der Waals surface area (Å²) >= 11 is 0. The Morgan fingerprint density at radius 2 is 1.76 bits per heavy atom. The van der Waals surface area contributed by atoms with Crippen LogP contribution in [0.25, 0.3) is 0 Å². The molecule has 0 spiro atoms. The van der Waals surface area contributed by atoms with Crippen molar-refractivity contribution in [2.45, 2.75) is 90.5 Å². The Kier molecular flexibility index (Phi) is 15.4. The van der Waals surface area contributed by atoms with E-state index in [1.165, 1.54) is 0 Å². The molecular weight excluding hydrogens is 648 g/mol. The highest BCUT2D eigenvalue weighted by atomic mass is 16.5. The van der Waals surface area contributed by atoms with Crippen LogP contribution in [0.1, 0.15) is 76.8 Å². The fraction of sp³-hybridized carbons (Fsp3) is 0.650. The fourth-order valence-corrected chi connectivity index (χ4v) is 7.32. The summed E-state index contributed by atoms with van der Waals surface area (Å²) in [4.78, 5) is 31.4. The number of nitrogens with one attached hydrogen (secondary N) is 1. The van der Waals surface area contributed by atoms with E-state index in [1.54, 1.807) is 21.3 Å². The quantitative estimate of drug-likeness (QED) is 0.191. The number of rotatable bonds is 19. The molecule has 2 heterocycles. The smallest absolute Gasteiger partial charge is 0.239 e. The van der Waals surface area contributed by atoms with E-state index in [1.807, 2.05) is 36.9 Å². The number of benzene rings is 2. The minimum atomic E-state index is -0.696. The number of hydrogen-bond acceptors (Lipinski definition) is 9. The molecular formula is C40H62N4O7. The van der Waals surface area contributed by atoms with Crippen LogP contribution in [0, 0.1) is 11.3 Å². The molecule has 0 bridgehead atoms. The van der Waals surface area contributed by atoms with Gasteiger partial charge in [0.05, 0.1) is 37.6 Å². The monoisotopic (exact) mass is 710 g/mol. The van der Waals surface area contributed by atoms with Crippen LogP contribution < -0.4 is 25.4 Å². The van der Waals surface area contributed by atoms with Gasteiger partial charge < -0.3 is 44.5 Å². The van der Waals surface area contributed by atoms with Gasteiger partial charge in [-0.2, -0.15) is 0 Å². The van der Waals surface area contributed by atoms with Crippen molar-refractivity contribution >= 4 is 17.5 Å². The number of fused-ring (bicyclic) bond motifs is 1. The zero-order valence-corrected chi connectivity index (χ0v) is 32.0. The number of anilines is 1.